The van der Waals surface area contributed by atoms with E-state index in [1.54, 1.807) is 6.34 Å². The summed E-state index contributed by atoms with van der Waals surface area (Å²) in [5.41, 5.74) is 0. The Kier molecular flexibility index (Phi) is 24.8. The van der Waals surface area contributed by atoms with Crippen molar-refractivity contribution in [2.75, 3.05) is 73.6 Å². The SMILES string of the molecule is C.CCN(CCN(C)/C=N\N)CC1CCCN1C.CCNC.O=CNCC(CO)C1CCCCC1. The molecule has 2 aliphatic rings. The van der Waals surface area contributed by atoms with E-state index in [-0.39, 0.29) is 20.0 Å². The van der Waals surface area contributed by atoms with Gasteiger partial charge in [0.15, 0.2) is 0 Å². The molecule has 5 N–H and O–H groups in total. The molecule has 0 radical (unpaired) electrons. The molecule has 1 aliphatic carbocycles. The summed E-state index contributed by atoms with van der Waals surface area (Å²) in [6.45, 7) is 11.8. The number of nitrogens with zero attached hydrogens (tertiary/aromatic N) is 4. The fourth-order valence-corrected chi connectivity index (χ4v) is 4.54. The highest BCUT2D eigenvalue weighted by Crippen LogP contribution is 2.29. The minimum Gasteiger partial charge on any atom is -0.396 e. The third-order valence-corrected chi connectivity index (χ3v) is 6.99. The average Bonchev–Trinajstić information content (AvgIpc) is 3.27. The molecule has 35 heavy (non-hydrogen) atoms. The van der Waals surface area contributed by atoms with E-state index in [9.17, 15) is 4.79 Å². The second kappa shape index (κ2) is 24.3. The Morgan fingerprint density at radius 3 is 2.29 bits per heavy atom. The Labute approximate surface area is 216 Å². The first kappa shape index (κ1) is 35.7. The Hall–Kier alpha value is -1.42. The molecule has 0 bridgehead atoms. The molecule has 9 heteroatoms. The predicted octanol–water partition coefficient (Wildman–Crippen LogP) is 2.02. The number of rotatable bonds is 13. The van der Waals surface area contributed by atoms with Gasteiger partial charge in [-0.25, -0.2) is 0 Å². The van der Waals surface area contributed by atoms with Gasteiger partial charge in [-0.3, -0.25) is 4.79 Å². The lowest BCUT2D eigenvalue weighted by atomic mass is 9.80. The molecule has 0 spiro atoms. The first-order valence-corrected chi connectivity index (χ1v) is 13.3. The van der Waals surface area contributed by atoms with E-state index < -0.39 is 0 Å². The molecule has 0 aromatic rings. The number of carbonyl (C=O) groups is 1. The van der Waals surface area contributed by atoms with Crippen LogP contribution in [0.2, 0.25) is 0 Å². The summed E-state index contributed by atoms with van der Waals surface area (Å²) in [6.07, 6.45) is 11.4. The summed E-state index contributed by atoms with van der Waals surface area (Å²) in [4.78, 5) is 17.1. The number of carbonyl (C=O) groups excluding carboxylic acids is 1. The number of likely N-dealkylation sites (N-methyl/N-ethyl adjacent to an activating group) is 3. The Morgan fingerprint density at radius 2 is 1.83 bits per heavy atom. The Bertz CT molecular complexity index is 488. The minimum absolute atomic E-state index is 0. The standard InChI is InChI=1S/C12H27N5.C10H19NO2.C3H9N.CH4/c1-4-17(9-8-15(2)11-14-13)10-12-6-5-7-16(12)3;12-7-10(6-11-8-13)9-4-2-1-3-5-9;1-3-4-2;/h11-12H,4-10,13H2,1-3H3;8-10,12H,1-7H2,(H,11,13);4H,3H2,1-2H3;1H4/b14-11-;;;. The zero-order valence-electron chi connectivity index (χ0n) is 22.7. The largest absolute Gasteiger partial charge is 0.396 e. The molecule has 2 unspecified atom stereocenters. The van der Waals surface area contributed by atoms with Crippen molar-refractivity contribution in [2.24, 2.45) is 22.8 Å². The van der Waals surface area contributed by atoms with Gasteiger partial charge in [0.1, 0.15) is 6.34 Å². The minimum atomic E-state index is 0. The van der Waals surface area contributed by atoms with Crippen molar-refractivity contribution >= 4 is 12.7 Å². The van der Waals surface area contributed by atoms with Gasteiger partial charge < -0.3 is 36.3 Å². The summed E-state index contributed by atoms with van der Waals surface area (Å²) in [5, 5.41) is 18.3. The molecule has 2 rings (SSSR count). The van der Waals surface area contributed by atoms with Crippen molar-refractivity contribution in [1.29, 1.82) is 0 Å². The van der Waals surface area contributed by atoms with Crippen LogP contribution >= 0.6 is 0 Å². The topological polar surface area (TPSA) is 109 Å². The highest BCUT2D eigenvalue weighted by atomic mass is 16.3. The molecule has 1 saturated carbocycles. The molecule has 9 nitrogen and oxygen atoms in total. The lowest BCUT2D eigenvalue weighted by molar-refractivity contribution is -0.109. The van der Waals surface area contributed by atoms with Crippen molar-refractivity contribution in [3.8, 4) is 0 Å². The maximum atomic E-state index is 10.1. The van der Waals surface area contributed by atoms with Crippen molar-refractivity contribution in [3.05, 3.63) is 0 Å². The molecule has 1 saturated heterocycles. The molecule has 2 atom stereocenters. The third-order valence-electron chi connectivity index (χ3n) is 6.99. The Balaban J connectivity index is 0. The van der Waals surface area contributed by atoms with Crippen LogP contribution in [0.15, 0.2) is 5.10 Å². The number of hydrogen-bond donors (Lipinski definition) is 4. The number of likely N-dealkylation sites (tertiary alicyclic amines) is 1. The number of nitrogens with one attached hydrogen (secondary N) is 2. The number of amides is 1. The van der Waals surface area contributed by atoms with Gasteiger partial charge in [-0.1, -0.05) is 53.4 Å². The maximum Gasteiger partial charge on any atom is 0.207 e. The van der Waals surface area contributed by atoms with Crippen molar-refractivity contribution in [2.45, 2.75) is 72.3 Å². The van der Waals surface area contributed by atoms with Gasteiger partial charge in [-0.15, -0.1) is 0 Å². The van der Waals surface area contributed by atoms with Gasteiger partial charge in [0.05, 0.1) is 0 Å². The highest BCUT2D eigenvalue weighted by Gasteiger charge is 2.23. The second-order valence-corrected chi connectivity index (χ2v) is 9.49. The summed E-state index contributed by atoms with van der Waals surface area (Å²) in [7, 11) is 6.17. The van der Waals surface area contributed by atoms with E-state index in [2.05, 4.69) is 46.4 Å². The predicted molar refractivity (Wildman–Crippen MR) is 151 cm³/mol. The monoisotopic (exact) mass is 501 g/mol. The van der Waals surface area contributed by atoms with Crippen LogP contribution in [0.1, 0.15) is 66.2 Å². The molecule has 1 aliphatic heterocycles. The van der Waals surface area contributed by atoms with Gasteiger partial charge in [-0.05, 0) is 52.5 Å². The normalized spacial score (nSPS) is 19.2. The van der Waals surface area contributed by atoms with Crippen molar-refractivity contribution < 1.29 is 9.90 Å². The fraction of sp³-hybridized carbons (Fsp3) is 0.923. The third kappa shape index (κ3) is 17.6. The maximum absolute atomic E-state index is 10.1. The number of nitrogens with two attached hydrogens (primary N) is 1. The van der Waals surface area contributed by atoms with E-state index in [0.29, 0.717) is 18.9 Å². The average molecular weight is 502 g/mol. The van der Waals surface area contributed by atoms with Crippen LogP contribution in [0.5, 0.6) is 0 Å². The van der Waals surface area contributed by atoms with Gasteiger partial charge in [0.2, 0.25) is 6.41 Å². The molecule has 2 fully saturated rings. The quantitative estimate of drug-likeness (QED) is 0.100. The second-order valence-electron chi connectivity index (χ2n) is 9.49. The number of aliphatic hydroxyl groups is 1. The molecule has 210 valence electrons. The Morgan fingerprint density at radius 1 is 1.17 bits per heavy atom. The molecule has 1 heterocycles. The molecule has 1 amide bonds. The first-order chi connectivity index (χ1) is 16.5. The van der Waals surface area contributed by atoms with Crippen molar-refractivity contribution in [1.82, 2.24) is 25.3 Å². The number of aliphatic hydroxyl groups excluding tert-OH is 1. The van der Waals surface area contributed by atoms with E-state index in [1.807, 2.05) is 19.0 Å². The van der Waals surface area contributed by atoms with Crippen LogP contribution in [-0.2, 0) is 4.79 Å². The van der Waals surface area contributed by atoms with Crippen LogP contribution in [0.3, 0.4) is 0 Å². The van der Waals surface area contributed by atoms with Gasteiger partial charge in [0.25, 0.3) is 0 Å². The number of hydrazone groups is 1. The van der Waals surface area contributed by atoms with E-state index in [1.165, 1.54) is 58.0 Å². The van der Waals surface area contributed by atoms with E-state index in [0.717, 1.165) is 32.2 Å². The highest BCUT2D eigenvalue weighted by molar-refractivity contribution is 5.53. The first-order valence-electron chi connectivity index (χ1n) is 13.3. The summed E-state index contributed by atoms with van der Waals surface area (Å²) < 4.78 is 0. The molecular formula is C26H59N7O2. The van der Waals surface area contributed by atoms with E-state index >= 15 is 0 Å². The van der Waals surface area contributed by atoms with E-state index in [4.69, 9.17) is 10.9 Å². The van der Waals surface area contributed by atoms with Gasteiger partial charge >= 0.3 is 0 Å². The van der Waals surface area contributed by atoms with Crippen LogP contribution in [0, 0.1) is 11.8 Å². The molecular weight excluding hydrogens is 442 g/mol. The zero-order valence-corrected chi connectivity index (χ0v) is 22.7. The van der Waals surface area contributed by atoms with Crippen LogP contribution in [-0.4, -0.2) is 112 Å². The number of hydrogen-bond acceptors (Lipinski definition) is 7. The zero-order chi connectivity index (χ0) is 25.6. The van der Waals surface area contributed by atoms with Crippen LogP contribution in [0.4, 0.5) is 0 Å². The smallest absolute Gasteiger partial charge is 0.207 e. The summed E-state index contributed by atoms with van der Waals surface area (Å²) in [6, 6.07) is 0.739. The molecule has 0 aromatic carbocycles. The summed E-state index contributed by atoms with van der Waals surface area (Å²) in [5.74, 6) is 6.01. The molecule has 0 aromatic heterocycles. The van der Waals surface area contributed by atoms with Crippen molar-refractivity contribution in [3.63, 3.8) is 0 Å². The van der Waals surface area contributed by atoms with Gasteiger partial charge in [0, 0.05) is 51.8 Å². The summed E-state index contributed by atoms with van der Waals surface area (Å²) >= 11 is 0. The fourth-order valence-electron chi connectivity index (χ4n) is 4.54. The van der Waals surface area contributed by atoms with Gasteiger partial charge in [-0.2, -0.15) is 5.10 Å². The van der Waals surface area contributed by atoms with Crippen LogP contribution in [0.25, 0.3) is 0 Å². The lowest BCUT2D eigenvalue weighted by Crippen LogP contribution is -2.41. The van der Waals surface area contributed by atoms with Crippen LogP contribution < -0.4 is 16.5 Å². The lowest BCUT2D eigenvalue weighted by Gasteiger charge is -2.29.